The van der Waals surface area contributed by atoms with E-state index < -0.39 is 17.9 Å². The number of carboxylic acid groups (broad SMARTS) is 1. The molecule has 18 heteroatoms. The van der Waals surface area contributed by atoms with E-state index in [9.17, 15) is 34.4 Å². The Morgan fingerprint density at radius 3 is 2.38 bits per heavy atom. The van der Waals surface area contributed by atoms with Crippen molar-refractivity contribution < 1.29 is 53.7 Å². The molecule has 0 radical (unpaired) electrons. The molecule has 9 rings (SSSR count). The number of carbonyl (C=O) groups excluding carboxylic acids is 1. The second-order valence-electron chi connectivity index (χ2n) is 19.6. The maximum absolute atomic E-state index is 13.6. The van der Waals surface area contributed by atoms with Crippen LogP contribution in [-0.2, 0) is 27.3 Å². The molecule has 1 aromatic heterocycles. The van der Waals surface area contributed by atoms with Crippen LogP contribution in [0.1, 0.15) is 84.5 Å². The molecule has 424 valence electrons. The van der Waals surface area contributed by atoms with Gasteiger partial charge in [-0.05, 0) is 116 Å². The molecule has 2 heterocycles. The number of benzene rings is 6. The number of anilines is 3. The van der Waals surface area contributed by atoms with E-state index in [-0.39, 0.29) is 34.6 Å². The zero-order chi connectivity index (χ0) is 56.5. The van der Waals surface area contributed by atoms with Gasteiger partial charge in [0.15, 0.2) is 0 Å². The lowest BCUT2D eigenvalue weighted by Gasteiger charge is -2.25. The third kappa shape index (κ3) is 19.5. The average molecular weight is 1120 g/mol. The number of aliphatic hydroxyl groups excluding tert-OH is 2. The van der Waals surface area contributed by atoms with Crippen molar-refractivity contribution in [3.8, 4) is 17.2 Å². The van der Waals surface area contributed by atoms with E-state index in [1.54, 1.807) is 48.5 Å². The first kappa shape index (κ1) is 60.4. The Balaban J connectivity index is 0.000000189. The number of aryl methyl sites for hydroxylation is 1. The van der Waals surface area contributed by atoms with Crippen LogP contribution < -0.4 is 20.7 Å². The van der Waals surface area contributed by atoms with Gasteiger partial charge in [0, 0.05) is 73.6 Å². The number of halogens is 2. The third-order valence-electron chi connectivity index (χ3n) is 13.5. The molecule has 1 saturated carbocycles. The van der Waals surface area contributed by atoms with Crippen molar-refractivity contribution in [2.75, 3.05) is 76.4 Å². The highest BCUT2D eigenvalue weighted by Crippen LogP contribution is 2.36. The Morgan fingerprint density at radius 2 is 1.61 bits per heavy atom. The van der Waals surface area contributed by atoms with Crippen LogP contribution >= 0.6 is 11.6 Å². The fourth-order valence-corrected chi connectivity index (χ4v) is 8.86. The molecule has 0 spiro atoms. The molecule has 1 amide bonds. The first-order valence-electron chi connectivity index (χ1n) is 27.2. The fraction of sp³-hybridized carbons (Fsp3) is 0.355. The Labute approximate surface area is 471 Å². The summed E-state index contributed by atoms with van der Waals surface area (Å²) in [7, 11) is 0. The fourth-order valence-electron chi connectivity index (χ4n) is 8.68. The van der Waals surface area contributed by atoms with E-state index in [4.69, 9.17) is 30.9 Å². The van der Waals surface area contributed by atoms with Gasteiger partial charge >= 0.3 is 5.97 Å². The second kappa shape index (κ2) is 32.1. The van der Waals surface area contributed by atoms with Gasteiger partial charge < -0.3 is 55.7 Å². The number of carbonyl (C=O) groups is 2. The molecule has 80 heavy (non-hydrogen) atoms. The zero-order valence-corrected chi connectivity index (χ0v) is 45.6. The summed E-state index contributed by atoms with van der Waals surface area (Å²) in [5, 5.41) is 58.8. The number of fused-ring (bicyclic) bond motifs is 2. The molecular weight excluding hydrogens is 1040 g/mol. The Morgan fingerprint density at radius 1 is 0.850 bits per heavy atom. The number of hydrogen-bond acceptors (Lipinski definition) is 14. The number of hydrogen-bond donors (Lipinski definition) is 8. The van der Waals surface area contributed by atoms with Gasteiger partial charge in [-0.1, -0.05) is 97.2 Å². The number of morpholine rings is 1. The highest BCUT2D eigenvalue weighted by molar-refractivity contribution is 6.31. The number of phenols is 2. The van der Waals surface area contributed by atoms with Gasteiger partial charge in [0.25, 0.3) is 0 Å². The van der Waals surface area contributed by atoms with Gasteiger partial charge in [-0.15, -0.1) is 0 Å². The van der Waals surface area contributed by atoms with Crippen LogP contribution in [0.4, 0.5) is 21.6 Å². The van der Waals surface area contributed by atoms with Gasteiger partial charge in [0.2, 0.25) is 5.91 Å². The lowest BCUT2D eigenvalue weighted by Crippen LogP contribution is -2.36. The number of amides is 1. The summed E-state index contributed by atoms with van der Waals surface area (Å²) in [4.78, 5) is 34.4. The molecule has 0 bridgehead atoms. The number of aromatic carboxylic acids is 1. The van der Waals surface area contributed by atoms with Crippen molar-refractivity contribution in [1.82, 2.24) is 20.2 Å². The number of aromatic hydroxyl groups is 2. The number of rotatable bonds is 26. The number of unbranched alkanes of at least 4 members (excludes halogenated alkanes) is 4. The first-order valence-corrected chi connectivity index (χ1v) is 27.6. The summed E-state index contributed by atoms with van der Waals surface area (Å²) in [5.41, 5.74) is 4.22. The number of aromatic nitrogens is 2. The molecule has 1 saturated heterocycles. The molecule has 2 fully saturated rings. The van der Waals surface area contributed by atoms with Crippen LogP contribution in [0.25, 0.3) is 21.7 Å². The molecule has 1 atom stereocenters. The minimum atomic E-state index is -1.12. The summed E-state index contributed by atoms with van der Waals surface area (Å²) < 4.78 is 30.7. The predicted molar refractivity (Wildman–Crippen MR) is 311 cm³/mol. The van der Waals surface area contributed by atoms with Crippen molar-refractivity contribution in [2.45, 2.75) is 70.5 Å². The Hall–Kier alpha value is -7.22. The normalized spacial score (nSPS) is 13.8. The van der Waals surface area contributed by atoms with Crippen LogP contribution in [0.2, 0.25) is 5.02 Å². The van der Waals surface area contributed by atoms with Gasteiger partial charge in [-0.2, -0.15) is 0 Å². The Kier molecular flexibility index (Phi) is 24.3. The molecule has 6 aromatic carbocycles. The van der Waals surface area contributed by atoms with Crippen molar-refractivity contribution in [2.24, 2.45) is 5.92 Å². The minimum Gasteiger partial charge on any atom is -0.508 e. The number of nitrogens with zero attached hydrogens (tertiary/aromatic N) is 3. The quantitative estimate of drug-likeness (QED) is 0.0186. The number of carboxylic acids is 1. The van der Waals surface area contributed by atoms with Crippen molar-refractivity contribution in [3.05, 3.63) is 167 Å². The van der Waals surface area contributed by atoms with Crippen LogP contribution in [0.3, 0.4) is 0 Å². The molecule has 2 aliphatic rings. The highest BCUT2D eigenvalue weighted by atomic mass is 35.5. The van der Waals surface area contributed by atoms with E-state index in [0.717, 1.165) is 89.6 Å². The summed E-state index contributed by atoms with van der Waals surface area (Å²) in [6, 6.07) is 33.5. The van der Waals surface area contributed by atoms with Gasteiger partial charge in [0.1, 0.15) is 40.8 Å². The number of aliphatic hydroxyl groups is 2. The minimum absolute atomic E-state index is 0.00550. The predicted octanol–water partition coefficient (Wildman–Crippen LogP) is 11.1. The molecule has 1 aliphatic heterocycles. The maximum atomic E-state index is 13.6. The molecule has 1 aliphatic carbocycles. The van der Waals surface area contributed by atoms with E-state index in [2.05, 4.69) is 61.2 Å². The van der Waals surface area contributed by atoms with Gasteiger partial charge in [-0.25, -0.2) is 19.2 Å². The van der Waals surface area contributed by atoms with Crippen LogP contribution in [0, 0.1) is 11.7 Å². The van der Waals surface area contributed by atoms with Crippen molar-refractivity contribution >= 4 is 62.3 Å². The monoisotopic (exact) mass is 1110 g/mol. The maximum Gasteiger partial charge on any atom is 0.339 e. The van der Waals surface area contributed by atoms with E-state index in [0.29, 0.717) is 89.2 Å². The van der Waals surface area contributed by atoms with Gasteiger partial charge in [0.05, 0.1) is 48.8 Å². The molecule has 7 aromatic rings. The topological polar surface area (TPSA) is 228 Å². The van der Waals surface area contributed by atoms with E-state index in [1.807, 2.05) is 18.2 Å². The SMILES string of the molecule is O=C(/C=C/CN1CCOCC1)Nc1cc2c(Nc3ccc(F)c(Cl)c3)ncnc2cc1OCC1CC1.O=C(O)c1ccc2ccccc2c1O.OCc1cc(C(O)CNCCCCCCOCCCCc2ccccc2)ccc1O. The largest absolute Gasteiger partial charge is 0.508 e. The summed E-state index contributed by atoms with van der Waals surface area (Å²) in [5.74, 6) is -0.395. The van der Waals surface area contributed by atoms with Crippen LogP contribution in [0.5, 0.6) is 17.2 Å². The number of nitrogens with one attached hydrogen (secondary N) is 3. The van der Waals surface area contributed by atoms with Crippen LogP contribution in [0.15, 0.2) is 134 Å². The summed E-state index contributed by atoms with van der Waals surface area (Å²) in [6.45, 7) is 7.17. The average Bonchev–Trinajstić information content (AvgIpc) is 4.32. The first-order chi connectivity index (χ1) is 38.9. The van der Waals surface area contributed by atoms with Gasteiger partial charge in [-0.3, -0.25) is 9.69 Å². The molecular formula is C62H72ClFN6O10. The molecule has 1 unspecified atom stereocenters. The molecule has 8 N–H and O–H groups in total. The number of ether oxygens (including phenoxy) is 3. The van der Waals surface area contributed by atoms with E-state index in [1.165, 1.54) is 48.7 Å². The lowest BCUT2D eigenvalue weighted by atomic mass is 10.1. The lowest BCUT2D eigenvalue weighted by molar-refractivity contribution is -0.112. The van der Waals surface area contributed by atoms with E-state index >= 15 is 0 Å². The molecule has 16 nitrogen and oxygen atoms in total. The summed E-state index contributed by atoms with van der Waals surface area (Å²) >= 11 is 5.93. The summed E-state index contributed by atoms with van der Waals surface area (Å²) in [6.07, 6.45) is 14.4. The Bertz CT molecular complexity index is 3110. The van der Waals surface area contributed by atoms with Crippen molar-refractivity contribution in [1.29, 1.82) is 0 Å². The standard InChI is InChI=1S/C26H27ClFN5O3.C25H37NO4.C11H8O3/c27-20-12-18(5-6-21(20)28)31-26-19-13-23(32-25(34)2-1-7-33-8-10-35-11-9-33)24(36-15-17-3-4-17)14-22(19)29-16-30-26;27-20-23-18-22(13-14-24(23)28)25(29)19-26-15-7-1-2-8-16-30-17-9-6-12-21-10-4-3-5-11-21;12-10-8-4-2-1-3-7(8)5-6-9(10)11(13)14/h1-2,5-6,12-14,16-17H,3-4,7-11,15H2,(H,32,34)(H,29,30,31);3-5,10-11,13-14,18,25-29H,1-2,6-9,12,15-17,19-20H2;1-6,12H,(H,13,14)/b2-1+;;. The zero-order valence-electron chi connectivity index (χ0n) is 44.9. The second-order valence-corrected chi connectivity index (χ2v) is 20.0. The highest BCUT2D eigenvalue weighted by Gasteiger charge is 2.23. The third-order valence-corrected chi connectivity index (χ3v) is 13.7. The van der Waals surface area contributed by atoms with Crippen molar-refractivity contribution in [3.63, 3.8) is 0 Å². The van der Waals surface area contributed by atoms with Crippen LogP contribution in [-0.4, -0.2) is 118 Å². The smallest absolute Gasteiger partial charge is 0.339 e.